The van der Waals surface area contributed by atoms with Gasteiger partial charge in [-0.15, -0.1) is 0 Å². The summed E-state index contributed by atoms with van der Waals surface area (Å²) >= 11 is 0. The van der Waals surface area contributed by atoms with Crippen LogP contribution in [0.25, 0.3) is 0 Å². The van der Waals surface area contributed by atoms with Crippen LogP contribution in [0.1, 0.15) is 33.1 Å². The molecule has 2 N–H and O–H groups in total. The Labute approximate surface area is 98.3 Å². The van der Waals surface area contributed by atoms with E-state index in [4.69, 9.17) is 14.6 Å². The highest BCUT2D eigenvalue weighted by molar-refractivity contribution is 4.82. The lowest BCUT2D eigenvalue weighted by Crippen LogP contribution is -2.39. The Bertz CT molecular complexity index is 189. The summed E-state index contributed by atoms with van der Waals surface area (Å²) in [6.07, 6.45) is 3.25. The van der Waals surface area contributed by atoms with E-state index in [0.29, 0.717) is 12.7 Å². The van der Waals surface area contributed by atoms with E-state index in [0.717, 1.165) is 25.8 Å². The summed E-state index contributed by atoms with van der Waals surface area (Å²) in [5.41, 5.74) is 0.0279. The summed E-state index contributed by atoms with van der Waals surface area (Å²) in [5, 5.41) is 12.3. The molecule has 1 rings (SSSR count). The number of aliphatic hydroxyl groups excluding tert-OH is 1. The molecule has 1 aliphatic heterocycles. The molecule has 0 aromatic heterocycles. The minimum atomic E-state index is 0.0279. The second kappa shape index (κ2) is 6.55. The predicted octanol–water partition coefficient (Wildman–Crippen LogP) is 0.931. The number of aliphatic hydroxyl groups is 1. The van der Waals surface area contributed by atoms with Crippen molar-refractivity contribution in [3.63, 3.8) is 0 Å². The van der Waals surface area contributed by atoms with Gasteiger partial charge in [0.25, 0.3) is 0 Å². The molecule has 0 aliphatic carbocycles. The molecule has 1 heterocycles. The van der Waals surface area contributed by atoms with Crippen LogP contribution in [-0.4, -0.2) is 49.7 Å². The quantitative estimate of drug-likeness (QED) is 0.684. The minimum Gasteiger partial charge on any atom is -0.396 e. The highest BCUT2D eigenvalue weighted by Crippen LogP contribution is 2.28. The van der Waals surface area contributed by atoms with Crippen molar-refractivity contribution in [3.05, 3.63) is 0 Å². The fourth-order valence-electron chi connectivity index (χ4n) is 2.12. The summed E-state index contributed by atoms with van der Waals surface area (Å²) in [4.78, 5) is 0. The standard InChI is InChI=1S/C12H25NO3/c1-12(2)6-4-11(16-12)8-13-10(5-7-14)9-15-3/h10-11,13-14H,4-9H2,1-3H3. The van der Waals surface area contributed by atoms with Gasteiger partial charge in [-0.1, -0.05) is 0 Å². The molecule has 0 aromatic rings. The third-order valence-electron chi connectivity index (χ3n) is 3.03. The van der Waals surface area contributed by atoms with Crippen LogP contribution in [0.4, 0.5) is 0 Å². The summed E-state index contributed by atoms with van der Waals surface area (Å²) in [5.74, 6) is 0. The average molecular weight is 231 g/mol. The molecule has 4 nitrogen and oxygen atoms in total. The maximum absolute atomic E-state index is 8.91. The third kappa shape index (κ3) is 4.78. The number of ether oxygens (including phenoxy) is 2. The van der Waals surface area contributed by atoms with Gasteiger partial charge in [-0.05, 0) is 33.1 Å². The fourth-order valence-corrected chi connectivity index (χ4v) is 2.12. The minimum absolute atomic E-state index is 0.0279. The van der Waals surface area contributed by atoms with Gasteiger partial charge in [0.2, 0.25) is 0 Å². The van der Waals surface area contributed by atoms with Crippen LogP contribution < -0.4 is 5.32 Å². The molecule has 0 amide bonds. The molecular weight excluding hydrogens is 206 g/mol. The normalized spacial score (nSPS) is 25.9. The number of hydrogen-bond donors (Lipinski definition) is 2. The van der Waals surface area contributed by atoms with Crippen molar-refractivity contribution >= 4 is 0 Å². The Morgan fingerprint density at radius 2 is 2.31 bits per heavy atom. The van der Waals surface area contributed by atoms with Gasteiger partial charge in [-0.3, -0.25) is 0 Å². The SMILES string of the molecule is COCC(CCO)NCC1CCC(C)(C)O1. The Morgan fingerprint density at radius 1 is 1.56 bits per heavy atom. The second-order valence-corrected chi connectivity index (χ2v) is 5.11. The second-order valence-electron chi connectivity index (χ2n) is 5.11. The molecular formula is C12H25NO3. The maximum atomic E-state index is 8.91. The number of nitrogens with one attached hydrogen (secondary N) is 1. The van der Waals surface area contributed by atoms with E-state index >= 15 is 0 Å². The Balaban J connectivity index is 2.22. The van der Waals surface area contributed by atoms with Gasteiger partial charge in [0.15, 0.2) is 0 Å². The lowest BCUT2D eigenvalue weighted by atomic mass is 10.1. The lowest BCUT2D eigenvalue weighted by molar-refractivity contribution is -0.0164. The zero-order valence-electron chi connectivity index (χ0n) is 10.7. The first-order valence-electron chi connectivity index (χ1n) is 6.08. The largest absolute Gasteiger partial charge is 0.396 e. The maximum Gasteiger partial charge on any atom is 0.0707 e. The summed E-state index contributed by atoms with van der Waals surface area (Å²) in [6, 6.07) is 0.224. The van der Waals surface area contributed by atoms with E-state index in [1.807, 2.05) is 0 Å². The van der Waals surface area contributed by atoms with Crippen LogP contribution in [0.3, 0.4) is 0 Å². The number of hydrogen-bond acceptors (Lipinski definition) is 4. The molecule has 2 atom stereocenters. The monoisotopic (exact) mass is 231 g/mol. The molecule has 4 heteroatoms. The van der Waals surface area contributed by atoms with Crippen LogP contribution in [0.2, 0.25) is 0 Å². The van der Waals surface area contributed by atoms with Crippen molar-refractivity contribution in [2.75, 3.05) is 26.9 Å². The first kappa shape index (κ1) is 13.9. The Kier molecular flexibility index (Phi) is 5.69. The van der Waals surface area contributed by atoms with Gasteiger partial charge in [-0.2, -0.15) is 0 Å². The van der Waals surface area contributed by atoms with E-state index in [1.165, 1.54) is 0 Å². The van der Waals surface area contributed by atoms with Crippen molar-refractivity contribution in [3.8, 4) is 0 Å². The summed E-state index contributed by atoms with van der Waals surface area (Å²) in [7, 11) is 1.68. The smallest absolute Gasteiger partial charge is 0.0707 e. The molecule has 0 bridgehead atoms. The first-order chi connectivity index (χ1) is 7.57. The summed E-state index contributed by atoms with van der Waals surface area (Å²) < 4.78 is 11.0. The van der Waals surface area contributed by atoms with E-state index in [1.54, 1.807) is 7.11 Å². The van der Waals surface area contributed by atoms with E-state index in [9.17, 15) is 0 Å². The molecule has 0 radical (unpaired) electrons. The van der Waals surface area contributed by atoms with Crippen LogP contribution in [-0.2, 0) is 9.47 Å². The predicted molar refractivity (Wildman–Crippen MR) is 63.6 cm³/mol. The van der Waals surface area contributed by atoms with Crippen molar-refractivity contribution in [2.24, 2.45) is 0 Å². The van der Waals surface area contributed by atoms with Gasteiger partial charge in [-0.25, -0.2) is 0 Å². The number of rotatable bonds is 7. The van der Waals surface area contributed by atoms with Gasteiger partial charge >= 0.3 is 0 Å². The van der Waals surface area contributed by atoms with Gasteiger partial charge < -0.3 is 19.9 Å². The first-order valence-corrected chi connectivity index (χ1v) is 6.08. The lowest BCUT2D eigenvalue weighted by Gasteiger charge is -2.22. The highest BCUT2D eigenvalue weighted by atomic mass is 16.5. The molecule has 2 unspecified atom stereocenters. The topological polar surface area (TPSA) is 50.7 Å². The average Bonchev–Trinajstić information content (AvgIpc) is 2.55. The van der Waals surface area contributed by atoms with E-state index in [-0.39, 0.29) is 18.2 Å². The molecule has 0 spiro atoms. The van der Waals surface area contributed by atoms with Crippen molar-refractivity contribution < 1.29 is 14.6 Å². The molecule has 1 saturated heterocycles. The van der Waals surface area contributed by atoms with Crippen molar-refractivity contribution in [1.82, 2.24) is 5.32 Å². The molecule has 0 saturated carbocycles. The number of methoxy groups -OCH3 is 1. The Hall–Kier alpha value is -0.160. The van der Waals surface area contributed by atoms with Crippen LogP contribution in [0.5, 0.6) is 0 Å². The van der Waals surface area contributed by atoms with Gasteiger partial charge in [0.1, 0.15) is 0 Å². The van der Waals surface area contributed by atoms with Crippen molar-refractivity contribution in [2.45, 2.75) is 50.9 Å². The molecule has 1 fully saturated rings. The molecule has 16 heavy (non-hydrogen) atoms. The van der Waals surface area contributed by atoms with E-state index in [2.05, 4.69) is 19.2 Å². The van der Waals surface area contributed by atoms with Crippen LogP contribution >= 0.6 is 0 Å². The van der Waals surface area contributed by atoms with Crippen molar-refractivity contribution in [1.29, 1.82) is 0 Å². The van der Waals surface area contributed by atoms with Gasteiger partial charge in [0, 0.05) is 26.3 Å². The highest BCUT2D eigenvalue weighted by Gasteiger charge is 2.31. The molecule has 1 aliphatic rings. The third-order valence-corrected chi connectivity index (χ3v) is 3.03. The Morgan fingerprint density at radius 3 is 2.81 bits per heavy atom. The molecule has 0 aromatic carbocycles. The van der Waals surface area contributed by atoms with Gasteiger partial charge in [0.05, 0.1) is 18.3 Å². The van der Waals surface area contributed by atoms with Crippen LogP contribution in [0, 0.1) is 0 Å². The zero-order chi connectivity index (χ0) is 12.0. The van der Waals surface area contributed by atoms with Crippen LogP contribution in [0.15, 0.2) is 0 Å². The summed E-state index contributed by atoms with van der Waals surface area (Å²) in [6.45, 7) is 5.94. The fraction of sp³-hybridized carbons (Fsp3) is 1.00. The van der Waals surface area contributed by atoms with E-state index < -0.39 is 0 Å². The zero-order valence-corrected chi connectivity index (χ0v) is 10.7. The molecule has 96 valence electrons.